The molecule has 0 radical (unpaired) electrons. The minimum Gasteiger partial charge on any atom is -0.414 e. The lowest BCUT2D eigenvalue weighted by Gasteiger charge is -2.37. The molecule has 0 aliphatic carbocycles. The second-order valence-electron chi connectivity index (χ2n) is 10.2. The largest absolute Gasteiger partial charge is 0.414 e. The van der Waals surface area contributed by atoms with Crippen LogP contribution >= 0.6 is 22.6 Å². The molecule has 8 nitrogen and oxygen atoms in total. The Balaban J connectivity index is 1.58. The van der Waals surface area contributed by atoms with E-state index in [1.54, 1.807) is 35.0 Å². The molecule has 0 bridgehead atoms. The molecule has 188 valence electrons. The van der Waals surface area contributed by atoms with E-state index in [2.05, 4.69) is 71.7 Å². The number of hydrogen-bond donors (Lipinski definition) is 2. The fourth-order valence-corrected chi connectivity index (χ4v) is 5.48. The standard InChI is InChI=1S/C24H30FIN4O4Si/c1-24(2,3)35(4,5)33-12-16-19(31)18(25)23(34-16)30-11-15(26)17-20(27-13-28-21(17)30)29-22(32)14-9-7-6-8-10-14/h6-11,13,16,18-19,23,31H,12H2,1-5H3,(H,27,28,29,32)/t16-,18-,19-,23-/m1/s1. The quantitative estimate of drug-likeness (QED) is 0.304. The molecule has 0 unspecified atom stereocenters. The summed E-state index contributed by atoms with van der Waals surface area (Å²) in [6.45, 7) is 10.7. The van der Waals surface area contributed by atoms with Crippen molar-refractivity contribution in [2.75, 3.05) is 11.9 Å². The number of rotatable bonds is 6. The molecule has 0 spiro atoms. The van der Waals surface area contributed by atoms with Gasteiger partial charge in [-0.25, -0.2) is 14.4 Å². The first-order valence-corrected chi connectivity index (χ1v) is 15.4. The van der Waals surface area contributed by atoms with Crippen LogP contribution < -0.4 is 5.32 Å². The number of hydrogen-bond acceptors (Lipinski definition) is 6. The Hall–Kier alpha value is -1.93. The highest BCUT2D eigenvalue weighted by atomic mass is 127. The molecule has 2 aromatic heterocycles. The number of alkyl halides is 1. The Morgan fingerprint density at radius 3 is 2.63 bits per heavy atom. The molecule has 1 saturated heterocycles. The van der Waals surface area contributed by atoms with Gasteiger partial charge in [0.25, 0.3) is 5.91 Å². The van der Waals surface area contributed by atoms with Crippen LogP contribution in [0.3, 0.4) is 0 Å². The summed E-state index contributed by atoms with van der Waals surface area (Å²) in [4.78, 5) is 21.3. The molecular weight excluding hydrogens is 582 g/mol. The van der Waals surface area contributed by atoms with Crippen molar-refractivity contribution in [3.63, 3.8) is 0 Å². The van der Waals surface area contributed by atoms with E-state index in [0.717, 1.165) is 0 Å². The van der Waals surface area contributed by atoms with Crippen LogP contribution in [-0.4, -0.2) is 58.9 Å². The Morgan fingerprint density at radius 2 is 1.97 bits per heavy atom. The minimum atomic E-state index is -2.10. The number of nitrogens with zero attached hydrogens (tertiary/aromatic N) is 3. The first-order chi connectivity index (χ1) is 16.4. The third-order valence-corrected chi connectivity index (χ3v) is 12.1. The zero-order valence-electron chi connectivity index (χ0n) is 20.3. The van der Waals surface area contributed by atoms with Crippen LogP contribution in [0.25, 0.3) is 11.0 Å². The lowest BCUT2D eigenvalue weighted by Crippen LogP contribution is -2.44. The minimum absolute atomic E-state index is 0.0185. The Labute approximate surface area is 218 Å². The van der Waals surface area contributed by atoms with Crippen LogP contribution in [0, 0.1) is 3.57 Å². The molecule has 3 heterocycles. The Morgan fingerprint density at radius 1 is 1.29 bits per heavy atom. The van der Waals surface area contributed by atoms with Crippen LogP contribution in [0.5, 0.6) is 0 Å². The molecule has 1 amide bonds. The molecule has 11 heteroatoms. The summed E-state index contributed by atoms with van der Waals surface area (Å²) in [6.07, 6.45) is -1.90. The molecular formula is C24H30FIN4O4Si. The maximum absolute atomic E-state index is 15.3. The summed E-state index contributed by atoms with van der Waals surface area (Å²) < 4.78 is 29.7. The second kappa shape index (κ2) is 9.85. The first kappa shape index (κ1) is 26.1. The number of nitrogens with one attached hydrogen (secondary N) is 1. The summed E-state index contributed by atoms with van der Waals surface area (Å²) in [5.41, 5.74) is 0.892. The van der Waals surface area contributed by atoms with E-state index in [9.17, 15) is 9.90 Å². The molecule has 2 N–H and O–H groups in total. The third-order valence-electron chi connectivity index (χ3n) is 6.81. The topological polar surface area (TPSA) is 98.5 Å². The SMILES string of the molecule is CC(C)(C)[Si](C)(C)OC[C@H]1O[C@@H](n2cc(I)c3c(NC(=O)c4ccccc4)ncnc32)[C@H](F)[C@@H]1O. The zero-order chi connectivity index (χ0) is 25.5. The van der Waals surface area contributed by atoms with Crippen LogP contribution in [-0.2, 0) is 9.16 Å². The summed E-state index contributed by atoms with van der Waals surface area (Å²) in [6, 6.07) is 8.80. The average molecular weight is 613 g/mol. The highest BCUT2D eigenvalue weighted by Crippen LogP contribution is 2.40. The highest BCUT2D eigenvalue weighted by molar-refractivity contribution is 14.1. The van der Waals surface area contributed by atoms with Gasteiger partial charge in [0.2, 0.25) is 0 Å². The summed E-state index contributed by atoms with van der Waals surface area (Å²) in [7, 11) is -2.10. The van der Waals surface area contributed by atoms with E-state index >= 15 is 4.39 Å². The van der Waals surface area contributed by atoms with Crippen molar-refractivity contribution in [1.82, 2.24) is 14.5 Å². The summed E-state index contributed by atoms with van der Waals surface area (Å²) in [5.74, 6) is 0.00617. The number of aromatic nitrogens is 3. The van der Waals surface area contributed by atoms with E-state index in [1.165, 1.54) is 6.33 Å². The lowest BCUT2D eigenvalue weighted by molar-refractivity contribution is -0.0432. The van der Waals surface area contributed by atoms with Crippen molar-refractivity contribution < 1.29 is 23.5 Å². The number of anilines is 1. The van der Waals surface area contributed by atoms with Gasteiger partial charge in [0.05, 0.1) is 12.0 Å². The van der Waals surface area contributed by atoms with Crippen LogP contribution in [0.15, 0.2) is 42.9 Å². The molecule has 4 rings (SSSR count). The smallest absolute Gasteiger partial charge is 0.256 e. The van der Waals surface area contributed by atoms with Gasteiger partial charge in [0, 0.05) is 15.3 Å². The van der Waals surface area contributed by atoms with Crippen molar-refractivity contribution >= 4 is 53.7 Å². The van der Waals surface area contributed by atoms with Gasteiger partial charge in [-0.15, -0.1) is 0 Å². The normalized spacial score (nSPS) is 23.1. The number of amides is 1. The predicted octanol–water partition coefficient (Wildman–Crippen LogP) is 4.91. The van der Waals surface area contributed by atoms with Gasteiger partial charge in [-0.3, -0.25) is 4.79 Å². The van der Waals surface area contributed by atoms with Gasteiger partial charge in [0.15, 0.2) is 20.7 Å². The van der Waals surface area contributed by atoms with Crippen molar-refractivity contribution in [3.05, 3.63) is 52.0 Å². The molecule has 0 saturated carbocycles. The van der Waals surface area contributed by atoms with Gasteiger partial charge < -0.3 is 24.2 Å². The molecule has 3 aromatic rings. The van der Waals surface area contributed by atoms with Gasteiger partial charge in [-0.1, -0.05) is 39.0 Å². The van der Waals surface area contributed by atoms with E-state index in [0.29, 0.717) is 26.0 Å². The molecule has 35 heavy (non-hydrogen) atoms. The number of aliphatic hydroxyl groups is 1. The first-order valence-electron chi connectivity index (χ1n) is 11.4. The molecule has 1 aliphatic rings. The summed E-state index contributed by atoms with van der Waals surface area (Å²) in [5, 5.41) is 14.0. The molecule has 1 aliphatic heterocycles. The third kappa shape index (κ3) is 5.14. The number of carbonyl (C=O) groups is 1. The predicted molar refractivity (Wildman–Crippen MR) is 143 cm³/mol. The molecule has 1 fully saturated rings. The van der Waals surface area contributed by atoms with Gasteiger partial charge >= 0.3 is 0 Å². The van der Waals surface area contributed by atoms with Gasteiger partial charge in [-0.2, -0.15) is 0 Å². The monoisotopic (exact) mass is 612 g/mol. The van der Waals surface area contributed by atoms with Gasteiger partial charge in [-0.05, 0) is 52.9 Å². The average Bonchev–Trinajstić information content (AvgIpc) is 3.29. The number of carbonyl (C=O) groups excluding carboxylic acids is 1. The maximum Gasteiger partial charge on any atom is 0.256 e. The fraction of sp³-hybridized carbons (Fsp3) is 0.458. The fourth-order valence-electron chi connectivity index (χ4n) is 3.67. The van der Waals surface area contributed by atoms with Crippen molar-refractivity contribution in [2.24, 2.45) is 0 Å². The summed E-state index contributed by atoms with van der Waals surface area (Å²) >= 11 is 2.09. The Kier molecular flexibility index (Phi) is 7.35. The Bertz CT molecular complexity index is 1220. The lowest BCUT2D eigenvalue weighted by atomic mass is 10.1. The van der Waals surface area contributed by atoms with Crippen LogP contribution in [0.4, 0.5) is 10.2 Å². The van der Waals surface area contributed by atoms with E-state index < -0.39 is 32.9 Å². The molecule has 4 atom stereocenters. The number of fused-ring (bicyclic) bond motifs is 1. The number of benzene rings is 1. The number of aliphatic hydroxyl groups excluding tert-OH is 1. The van der Waals surface area contributed by atoms with E-state index in [-0.39, 0.29) is 17.6 Å². The zero-order valence-corrected chi connectivity index (χ0v) is 23.5. The van der Waals surface area contributed by atoms with E-state index in [1.807, 2.05) is 6.07 Å². The maximum atomic E-state index is 15.3. The second-order valence-corrected chi connectivity index (χ2v) is 16.2. The van der Waals surface area contributed by atoms with Crippen molar-refractivity contribution in [2.45, 2.75) is 63.5 Å². The van der Waals surface area contributed by atoms with Crippen LogP contribution in [0.2, 0.25) is 18.1 Å². The number of ether oxygens (including phenoxy) is 1. The van der Waals surface area contributed by atoms with Gasteiger partial charge in [0.1, 0.15) is 30.0 Å². The van der Waals surface area contributed by atoms with Crippen LogP contribution in [0.1, 0.15) is 37.4 Å². The number of halogens is 2. The molecule has 1 aromatic carbocycles. The van der Waals surface area contributed by atoms with E-state index in [4.69, 9.17) is 9.16 Å². The highest BCUT2D eigenvalue weighted by Gasteiger charge is 2.47. The van der Waals surface area contributed by atoms with Crippen molar-refractivity contribution in [3.8, 4) is 0 Å². The van der Waals surface area contributed by atoms with Crippen molar-refractivity contribution in [1.29, 1.82) is 0 Å².